The Bertz CT molecular complexity index is 859. The molecule has 2 rings (SSSR count). The van der Waals surface area contributed by atoms with Crippen molar-refractivity contribution in [1.82, 2.24) is 9.55 Å². The Morgan fingerprint density at radius 1 is 1.25 bits per heavy atom. The molecule has 0 fully saturated rings. The zero-order valence-electron chi connectivity index (χ0n) is 12.4. The lowest BCUT2D eigenvalue weighted by Crippen LogP contribution is -2.34. The first-order valence-electron chi connectivity index (χ1n) is 6.68. The molecule has 0 aliphatic heterocycles. The second-order valence-corrected chi connectivity index (χ2v) is 5.01. The van der Waals surface area contributed by atoms with E-state index in [1.54, 1.807) is 0 Å². The van der Waals surface area contributed by atoms with Crippen molar-refractivity contribution in [3.8, 4) is 0 Å². The fourth-order valence-corrected chi connectivity index (χ4v) is 2.17. The van der Waals surface area contributed by atoms with Crippen LogP contribution >= 0.6 is 0 Å². The summed E-state index contributed by atoms with van der Waals surface area (Å²) in [7, 11) is 0. The summed E-state index contributed by atoms with van der Waals surface area (Å²) < 4.78 is 39.0. The summed E-state index contributed by atoms with van der Waals surface area (Å²) in [5.74, 6) is -3.39. The monoisotopic (exact) mass is 339 g/mol. The van der Waals surface area contributed by atoms with E-state index in [0.29, 0.717) is 10.6 Å². The number of carbonyl (C=O) groups is 2. The molecule has 1 aromatic carbocycles. The van der Waals surface area contributed by atoms with E-state index in [-0.39, 0.29) is 11.4 Å². The van der Waals surface area contributed by atoms with Gasteiger partial charge in [-0.15, -0.1) is 0 Å². The van der Waals surface area contributed by atoms with Crippen LogP contribution in [0.5, 0.6) is 0 Å². The van der Waals surface area contributed by atoms with Gasteiger partial charge in [-0.1, -0.05) is 18.2 Å². The molecule has 0 aliphatic carbocycles. The highest BCUT2D eigenvalue weighted by Gasteiger charge is 2.33. The van der Waals surface area contributed by atoms with Crippen molar-refractivity contribution >= 4 is 17.5 Å². The number of nitrogen functional groups attached to an aromatic ring is 1. The maximum Gasteiger partial charge on any atom is 0.416 e. The van der Waals surface area contributed by atoms with E-state index in [9.17, 15) is 27.6 Å². The summed E-state index contributed by atoms with van der Waals surface area (Å²) >= 11 is 0. The summed E-state index contributed by atoms with van der Waals surface area (Å²) in [6.45, 7) is 1.05. The molecule has 0 aliphatic rings. The average Bonchev–Trinajstić information content (AvgIpc) is 2.46. The number of benzene rings is 1. The van der Waals surface area contributed by atoms with Crippen LogP contribution in [0.3, 0.4) is 0 Å². The number of carbonyl (C=O) groups excluding carboxylic acids is 2. The predicted octanol–water partition coefficient (Wildman–Crippen LogP) is 1.86. The lowest BCUT2D eigenvalue weighted by molar-refractivity contribution is -0.137. The quantitative estimate of drug-likeness (QED) is 0.861. The summed E-state index contributed by atoms with van der Waals surface area (Å²) in [4.78, 5) is 39.4. The van der Waals surface area contributed by atoms with Gasteiger partial charge in [0.25, 0.3) is 0 Å². The largest absolute Gasteiger partial charge is 0.416 e. The van der Waals surface area contributed by atoms with Crippen molar-refractivity contribution in [3.05, 3.63) is 58.1 Å². The van der Waals surface area contributed by atoms with E-state index in [1.807, 2.05) is 0 Å². The molecule has 0 saturated heterocycles. The number of nitrogens with two attached hydrogens (primary N) is 1. The van der Waals surface area contributed by atoms with E-state index in [1.165, 1.54) is 12.1 Å². The third-order valence-corrected chi connectivity index (χ3v) is 3.26. The summed E-state index contributed by atoms with van der Waals surface area (Å²) in [5, 5.41) is 0. The van der Waals surface area contributed by atoms with Crippen LogP contribution in [0.1, 0.15) is 28.8 Å². The van der Waals surface area contributed by atoms with Crippen LogP contribution in [0.15, 0.2) is 41.3 Å². The molecular weight excluding hydrogens is 327 g/mol. The molecule has 6 nitrogen and oxygen atoms in total. The first kappa shape index (κ1) is 17.4. The van der Waals surface area contributed by atoms with E-state index in [0.717, 1.165) is 25.3 Å². The highest BCUT2D eigenvalue weighted by Crippen LogP contribution is 2.31. The van der Waals surface area contributed by atoms with Crippen LogP contribution in [0, 0.1) is 0 Å². The topological polar surface area (TPSA) is 95.1 Å². The van der Waals surface area contributed by atoms with Gasteiger partial charge in [0, 0.05) is 6.20 Å². The normalized spacial score (nSPS) is 12.7. The van der Waals surface area contributed by atoms with Crippen LogP contribution in [0.25, 0.3) is 0 Å². The number of nitrogens with zero attached hydrogens (tertiary/aromatic N) is 2. The van der Waals surface area contributed by atoms with Gasteiger partial charge in [-0.3, -0.25) is 9.59 Å². The minimum absolute atomic E-state index is 0.123. The third kappa shape index (κ3) is 3.50. The molecule has 1 atom stereocenters. The molecule has 0 spiro atoms. The Hall–Kier alpha value is -2.97. The molecule has 9 heteroatoms. The lowest BCUT2D eigenvalue weighted by atomic mass is 9.93. The average molecular weight is 339 g/mol. The third-order valence-electron chi connectivity index (χ3n) is 3.26. The minimum atomic E-state index is -4.63. The number of aromatic nitrogens is 2. The highest BCUT2D eigenvalue weighted by molar-refractivity contribution is 6.06. The van der Waals surface area contributed by atoms with Crippen molar-refractivity contribution in [2.24, 2.45) is 0 Å². The van der Waals surface area contributed by atoms with Crippen LogP contribution in [-0.4, -0.2) is 21.2 Å². The van der Waals surface area contributed by atoms with Gasteiger partial charge in [-0.25, -0.2) is 9.36 Å². The highest BCUT2D eigenvalue weighted by atomic mass is 19.4. The number of hydrogen-bond donors (Lipinski definition) is 1. The van der Waals surface area contributed by atoms with Crippen LogP contribution in [0.2, 0.25) is 0 Å². The molecule has 0 bridgehead atoms. The van der Waals surface area contributed by atoms with E-state index < -0.39 is 35.0 Å². The van der Waals surface area contributed by atoms with Gasteiger partial charge < -0.3 is 5.73 Å². The van der Waals surface area contributed by atoms with Crippen molar-refractivity contribution in [2.75, 3.05) is 5.73 Å². The molecule has 1 heterocycles. The standard InChI is InChI=1S/C15H12F3N3O3/c1-8(22)12(9-3-2-4-10(7-9)15(16,17)18)13(23)21-6-5-11(19)20-14(21)24/h2-7,12H,1H3,(H2,19,20,24). The molecule has 0 saturated carbocycles. The first-order chi connectivity index (χ1) is 11.1. The summed E-state index contributed by atoms with van der Waals surface area (Å²) in [6, 6.07) is 5.00. The van der Waals surface area contributed by atoms with Crippen molar-refractivity contribution in [1.29, 1.82) is 0 Å². The number of rotatable bonds is 3. The number of Topliss-reactive ketones (excluding diaryl/α,β-unsaturated/α-hetero) is 1. The maximum absolute atomic E-state index is 12.8. The first-order valence-corrected chi connectivity index (χ1v) is 6.68. The van der Waals surface area contributed by atoms with Gasteiger partial charge in [-0.2, -0.15) is 18.2 Å². The van der Waals surface area contributed by atoms with Crippen LogP contribution < -0.4 is 11.4 Å². The maximum atomic E-state index is 12.8. The zero-order valence-corrected chi connectivity index (χ0v) is 12.4. The number of hydrogen-bond acceptors (Lipinski definition) is 5. The molecule has 0 amide bonds. The molecule has 126 valence electrons. The van der Waals surface area contributed by atoms with Crippen molar-refractivity contribution in [3.63, 3.8) is 0 Å². The van der Waals surface area contributed by atoms with E-state index in [2.05, 4.69) is 4.98 Å². The Kier molecular flexibility index (Phi) is 4.54. The SMILES string of the molecule is CC(=O)C(C(=O)n1ccc(N)nc1=O)c1cccc(C(F)(F)F)c1. The molecular formula is C15H12F3N3O3. The number of ketones is 1. The summed E-state index contributed by atoms with van der Waals surface area (Å²) in [5.41, 5.74) is 3.14. The van der Waals surface area contributed by atoms with Gasteiger partial charge >= 0.3 is 11.9 Å². The smallest absolute Gasteiger partial charge is 0.383 e. The number of anilines is 1. The van der Waals surface area contributed by atoms with Gasteiger partial charge in [0.1, 0.15) is 17.5 Å². The lowest BCUT2D eigenvalue weighted by Gasteiger charge is -2.16. The Morgan fingerprint density at radius 3 is 2.46 bits per heavy atom. The summed E-state index contributed by atoms with van der Waals surface area (Å²) in [6.07, 6.45) is -3.60. The molecule has 1 unspecified atom stereocenters. The molecule has 0 radical (unpaired) electrons. The molecule has 1 aromatic heterocycles. The van der Waals surface area contributed by atoms with Crippen LogP contribution in [-0.2, 0) is 11.0 Å². The zero-order chi connectivity index (χ0) is 18.1. The molecule has 2 N–H and O–H groups in total. The van der Waals surface area contributed by atoms with Gasteiger partial charge in [0.15, 0.2) is 0 Å². The van der Waals surface area contributed by atoms with E-state index in [4.69, 9.17) is 5.73 Å². The number of alkyl halides is 3. The second-order valence-electron chi connectivity index (χ2n) is 5.01. The van der Waals surface area contributed by atoms with Crippen molar-refractivity contribution in [2.45, 2.75) is 19.0 Å². The molecule has 24 heavy (non-hydrogen) atoms. The van der Waals surface area contributed by atoms with Gasteiger partial charge in [-0.05, 0) is 24.6 Å². The number of halogens is 3. The molecule has 2 aromatic rings. The predicted molar refractivity (Wildman–Crippen MR) is 78.4 cm³/mol. The van der Waals surface area contributed by atoms with Crippen LogP contribution in [0.4, 0.5) is 19.0 Å². The Morgan fingerprint density at radius 2 is 1.92 bits per heavy atom. The minimum Gasteiger partial charge on any atom is -0.383 e. The fourth-order valence-electron chi connectivity index (χ4n) is 2.17. The Balaban J connectivity index is 2.53. The van der Waals surface area contributed by atoms with E-state index >= 15 is 0 Å². The Labute approximate surface area is 133 Å². The fraction of sp³-hybridized carbons (Fsp3) is 0.200. The second kappa shape index (κ2) is 6.26. The van der Waals surface area contributed by atoms with Gasteiger partial charge in [0.05, 0.1) is 5.56 Å². The van der Waals surface area contributed by atoms with Crippen molar-refractivity contribution < 1.29 is 22.8 Å². The van der Waals surface area contributed by atoms with Gasteiger partial charge in [0.2, 0.25) is 5.91 Å².